The van der Waals surface area contributed by atoms with E-state index in [1.807, 2.05) is 45.0 Å². The van der Waals surface area contributed by atoms with Gasteiger partial charge in [-0.3, -0.25) is 0 Å². The Bertz CT molecular complexity index is 481. The molecule has 1 aliphatic rings. The van der Waals surface area contributed by atoms with Gasteiger partial charge in [0.2, 0.25) is 0 Å². The van der Waals surface area contributed by atoms with Crippen LogP contribution in [0.25, 0.3) is 0 Å². The standard InChI is InChI=1S/C15H21NO4/c1-15(2,3)20-14(17)16-11-9-19-12-8-6-5-7-10(12)13(11)18-4/h5-8,11,13H,9H2,1-4H3,(H,16,17). The summed E-state index contributed by atoms with van der Waals surface area (Å²) >= 11 is 0. The van der Waals surface area contributed by atoms with Crippen molar-refractivity contribution in [3.8, 4) is 5.75 Å². The molecule has 1 aromatic carbocycles. The van der Waals surface area contributed by atoms with Gasteiger partial charge in [0, 0.05) is 12.7 Å². The molecule has 0 aliphatic carbocycles. The largest absolute Gasteiger partial charge is 0.491 e. The topological polar surface area (TPSA) is 56.8 Å². The van der Waals surface area contributed by atoms with E-state index in [0.717, 1.165) is 11.3 Å². The summed E-state index contributed by atoms with van der Waals surface area (Å²) in [4.78, 5) is 11.9. The Balaban J connectivity index is 2.08. The van der Waals surface area contributed by atoms with Crippen LogP contribution in [-0.2, 0) is 9.47 Å². The van der Waals surface area contributed by atoms with Crippen LogP contribution in [0.5, 0.6) is 5.75 Å². The van der Waals surface area contributed by atoms with E-state index in [0.29, 0.717) is 6.61 Å². The SMILES string of the molecule is COC1c2ccccc2OCC1NC(=O)OC(C)(C)C. The monoisotopic (exact) mass is 279 g/mol. The van der Waals surface area contributed by atoms with E-state index in [9.17, 15) is 4.79 Å². The lowest BCUT2D eigenvalue weighted by Gasteiger charge is -2.33. The second-order valence-electron chi connectivity index (χ2n) is 5.76. The van der Waals surface area contributed by atoms with Crippen LogP contribution >= 0.6 is 0 Å². The van der Waals surface area contributed by atoms with Gasteiger partial charge < -0.3 is 19.5 Å². The van der Waals surface area contributed by atoms with E-state index >= 15 is 0 Å². The van der Waals surface area contributed by atoms with Gasteiger partial charge in [-0.15, -0.1) is 0 Å². The van der Waals surface area contributed by atoms with Crippen LogP contribution in [0, 0.1) is 0 Å². The lowest BCUT2D eigenvalue weighted by Crippen LogP contribution is -2.47. The average Bonchev–Trinajstić information content (AvgIpc) is 2.36. The highest BCUT2D eigenvalue weighted by atomic mass is 16.6. The van der Waals surface area contributed by atoms with E-state index in [4.69, 9.17) is 14.2 Å². The molecular formula is C15H21NO4. The number of methoxy groups -OCH3 is 1. The first-order valence-corrected chi connectivity index (χ1v) is 6.65. The summed E-state index contributed by atoms with van der Waals surface area (Å²) in [6.07, 6.45) is -0.708. The van der Waals surface area contributed by atoms with Crippen molar-refractivity contribution < 1.29 is 19.0 Å². The van der Waals surface area contributed by atoms with Gasteiger partial charge in [0.25, 0.3) is 0 Å². The molecular weight excluding hydrogens is 258 g/mol. The molecule has 1 amide bonds. The van der Waals surface area contributed by atoms with Crippen LogP contribution in [0.15, 0.2) is 24.3 Å². The fourth-order valence-electron chi connectivity index (χ4n) is 2.20. The number of nitrogens with one attached hydrogen (secondary N) is 1. The number of carbonyl (C=O) groups excluding carboxylic acids is 1. The van der Waals surface area contributed by atoms with Crippen LogP contribution in [0.3, 0.4) is 0 Å². The Labute approximate surface area is 119 Å². The van der Waals surface area contributed by atoms with Crippen molar-refractivity contribution in [2.24, 2.45) is 0 Å². The molecule has 1 N–H and O–H groups in total. The number of carbonyl (C=O) groups is 1. The van der Waals surface area contributed by atoms with Crippen molar-refractivity contribution in [1.29, 1.82) is 0 Å². The molecule has 0 saturated heterocycles. The first kappa shape index (κ1) is 14.7. The molecule has 0 saturated carbocycles. The number of amides is 1. The van der Waals surface area contributed by atoms with Gasteiger partial charge in [0.1, 0.15) is 24.1 Å². The summed E-state index contributed by atoms with van der Waals surface area (Å²) in [5.41, 5.74) is 0.405. The van der Waals surface area contributed by atoms with E-state index in [-0.39, 0.29) is 12.1 Å². The summed E-state index contributed by atoms with van der Waals surface area (Å²) in [6, 6.07) is 7.39. The predicted molar refractivity (Wildman–Crippen MR) is 74.8 cm³/mol. The summed E-state index contributed by atoms with van der Waals surface area (Å²) in [5, 5.41) is 2.81. The van der Waals surface area contributed by atoms with Gasteiger partial charge in [-0.05, 0) is 26.8 Å². The first-order valence-electron chi connectivity index (χ1n) is 6.65. The number of para-hydroxylation sites is 1. The molecule has 0 fully saturated rings. The highest BCUT2D eigenvalue weighted by Crippen LogP contribution is 2.33. The molecule has 0 bridgehead atoms. The van der Waals surface area contributed by atoms with Crippen LogP contribution in [0.1, 0.15) is 32.4 Å². The molecule has 0 aromatic heterocycles. The molecule has 0 radical (unpaired) electrons. The molecule has 2 atom stereocenters. The third-order valence-electron chi connectivity index (χ3n) is 2.97. The average molecular weight is 279 g/mol. The van der Waals surface area contributed by atoms with Crippen molar-refractivity contribution in [2.75, 3.05) is 13.7 Å². The molecule has 110 valence electrons. The minimum atomic E-state index is -0.528. The predicted octanol–water partition coefficient (Wildman–Crippen LogP) is 2.66. The highest BCUT2D eigenvalue weighted by molar-refractivity contribution is 5.68. The van der Waals surface area contributed by atoms with Crippen LogP contribution in [0.4, 0.5) is 4.79 Å². The third-order valence-corrected chi connectivity index (χ3v) is 2.97. The number of hydrogen-bond donors (Lipinski definition) is 1. The number of ether oxygens (including phenoxy) is 3. The van der Waals surface area contributed by atoms with E-state index in [1.54, 1.807) is 7.11 Å². The van der Waals surface area contributed by atoms with Crippen molar-refractivity contribution in [1.82, 2.24) is 5.32 Å². The summed E-state index contributed by atoms with van der Waals surface area (Å²) in [6.45, 7) is 5.84. The van der Waals surface area contributed by atoms with Crippen molar-refractivity contribution in [3.63, 3.8) is 0 Å². The minimum Gasteiger partial charge on any atom is -0.491 e. The normalized spacial score (nSPS) is 21.6. The van der Waals surface area contributed by atoms with Gasteiger partial charge in [0.15, 0.2) is 0 Å². The fraction of sp³-hybridized carbons (Fsp3) is 0.533. The van der Waals surface area contributed by atoms with Crippen molar-refractivity contribution in [2.45, 2.75) is 38.5 Å². The van der Waals surface area contributed by atoms with Crippen LogP contribution in [0.2, 0.25) is 0 Å². The van der Waals surface area contributed by atoms with E-state index in [2.05, 4.69) is 5.32 Å². The number of hydrogen-bond acceptors (Lipinski definition) is 4. The van der Waals surface area contributed by atoms with Gasteiger partial charge in [0.05, 0.1) is 6.04 Å². The number of rotatable bonds is 2. The molecule has 2 rings (SSSR count). The van der Waals surface area contributed by atoms with Gasteiger partial charge in [-0.25, -0.2) is 4.79 Å². The highest BCUT2D eigenvalue weighted by Gasteiger charge is 2.33. The molecule has 5 heteroatoms. The summed E-state index contributed by atoms with van der Waals surface area (Å²) < 4.78 is 16.4. The molecule has 1 heterocycles. The van der Waals surface area contributed by atoms with Crippen molar-refractivity contribution in [3.05, 3.63) is 29.8 Å². The maximum absolute atomic E-state index is 11.9. The molecule has 20 heavy (non-hydrogen) atoms. The maximum atomic E-state index is 11.9. The summed E-state index contributed by atoms with van der Waals surface area (Å²) in [7, 11) is 1.62. The Hall–Kier alpha value is -1.75. The minimum absolute atomic E-state index is 0.243. The van der Waals surface area contributed by atoms with Crippen LogP contribution in [-0.4, -0.2) is 31.5 Å². The van der Waals surface area contributed by atoms with Gasteiger partial charge in [-0.1, -0.05) is 18.2 Å². The quantitative estimate of drug-likeness (QED) is 0.904. The molecule has 1 aliphatic heterocycles. The Kier molecular flexibility index (Phi) is 4.18. The first-order chi connectivity index (χ1) is 9.40. The van der Waals surface area contributed by atoms with Crippen molar-refractivity contribution >= 4 is 6.09 Å². The van der Waals surface area contributed by atoms with Gasteiger partial charge >= 0.3 is 6.09 Å². The maximum Gasteiger partial charge on any atom is 0.408 e. The zero-order valence-corrected chi connectivity index (χ0v) is 12.3. The molecule has 1 aromatic rings. The Morgan fingerprint density at radius 3 is 2.70 bits per heavy atom. The Morgan fingerprint density at radius 2 is 2.05 bits per heavy atom. The molecule has 0 spiro atoms. The third kappa shape index (κ3) is 3.42. The molecule has 2 unspecified atom stereocenters. The van der Waals surface area contributed by atoms with Gasteiger partial charge in [-0.2, -0.15) is 0 Å². The second-order valence-corrected chi connectivity index (χ2v) is 5.76. The lowest BCUT2D eigenvalue weighted by atomic mass is 9.99. The Morgan fingerprint density at radius 1 is 1.35 bits per heavy atom. The number of alkyl carbamates (subject to hydrolysis) is 1. The fourth-order valence-corrected chi connectivity index (χ4v) is 2.20. The number of fused-ring (bicyclic) bond motifs is 1. The zero-order valence-electron chi connectivity index (χ0n) is 12.3. The lowest BCUT2D eigenvalue weighted by molar-refractivity contribution is 0.0143. The smallest absolute Gasteiger partial charge is 0.408 e. The van der Waals surface area contributed by atoms with Crippen LogP contribution < -0.4 is 10.1 Å². The van der Waals surface area contributed by atoms with E-state index < -0.39 is 11.7 Å². The second kappa shape index (κ2) is 5.71. The number of benzene rings is 1. The summed E-state index contributed by atoms with van der Waals surface area (Å²) in [5.74, 6) is 0.793. The molecule has 5 nitrogen and oxygen atoms in total. The zero-order chi connectivity index (χ0) is 14.8. The van der Waals surface area contributed by atoms with E-state index in [1.165, 1.54) is 0 Å².